The van der Waals surface area contributed by atoms with E-state index in [4.69, 9.17) is 4.74 Å². The highest BCUT2D eigenvalue weighted by Gasteiger charge is 2.10. The summed E-state index contributed by atoms with van der Waals surface area (Å²) in [6.07, 6.45) is 3.39. The predicted octanol–water partition coefficient (Wildman–Crippen LogP) is 3.03. The van der Waals surface area contributed by atoms with Crippen LogP contribution >= 0.6 is 11.3 Å². The Morgan fingerprint density at radius 1 is 1.15 bits per heavy atom. The molecule has 3 rings (SSSR count). The van der Waals surface area contributed by atoms with Gasteiger partial charge in [0.1, 0.15) is 0 Å². The third kappa shape index (κ3) is 5.32. The van der Waals surface area contributed by atoms with E-state index in [0.29, 0.717) is 34.6 Å². The molecule has 0 saturated carbocycles. The van der Waals surface area contributed by atoms with E-state index in [0.717, 1.165) is 0 Å². The third-order valence-corrected chi connectivity index (χ3v) is 4.16. The van der Waals surface area contributed by atoms with Gasteiger partial charge in [0.05, 0.1) is 24.3 Å². The van der Waals surface area contributed by atoms with Gasteiger partial charge in [0.2, 0.25) is 11.9 Å². The number of hydrogen-bond donors (Lipinski definition) is 2. The summed E-state index contributed by atoms with van der Waals surface area (Å²) in [4.78, 5) is 36.3. The Hall–Kier alpha value is -3.33. The van der Waals surface area contributed by atoms with Crippen LogP contribution in [0, 0.1) is 0 Å². The lowest BCUT2D eigenvalue weighted by atomic mass is 10.2. The lowest BCUT2D eigenvalue weighted by molar-refractivity contribution is -0.115. The fourth-order valence-electron chi connectivity index (χ4n) is 2.18. The zero-order valence-electron chi connectivity index (χ0n) is 14.5. The molecule has 2 N–H and O–H groups in total. The van der Waals surface area contributed by atoms with Gasteiger partial charge in [0.15, 0.2) is 5.13 Å². The Morgan fingerprint density at radius 2 is 1.89 bits per heavy atom. The topological polar surface area (TPSA) is 106 Å². The normalized spacial score (nSPS) is 10.3. The minimum Gasteiger partial charge on any atom is -0.462 e. The number of amides is 1. The summed E-state index contributed by atoms with van der Waals surface area (Å²) in [6.45, 7) is 2.07. The number of nitrogens with zero attached hydrogens (tertiary/aromatic N) is 3. The van der Waals surface area contributed by atoms with Crippen LogP contribution in [0.5, 0.6) is 0 Å². The molecule has 0 spiro atoms. The van der Waals surface area contributed by atoms with Crippen molar-refractivity contribution in [1.29, 1.82) is 0 Å². The largest absolute Gasteiger partial charge is 0.462 e. The molecule has 0 aliphatic rings. The van der Waals surface area contributed by atoms with Crippen molar-refractivity contribution >= 4 is 40.0 Å². The van der Waals surface area contributed by atoms with Gasteiger partial charge >= 0.3 is 5.97 Å². The van der Waals surface area contributed by atoms with Gasteiger partial charge in [-0.15, -0.1) is 11.3 Å². The van der Waals surface area contributed by atoms with E-state index in [1.165, 1.54) is 11.3 Å². The number of benzene rings is 1. The Balaban J connectivity index is 1.54. The first-order valence-corrected chi connectivity index (χ1v) is 9.07. The summed E-state index contributed by atoms with van der Waals surface area (Å²) in [7, 11) is 0. The highest BCUT2D eigenvalue weighted by molar-refractivity contribution is 7.13. The molecule has 1 amide bonds. The van der Waals surface area contributed by atoms with Crippen molar-refractivity contribution in [1.82, 2.24) is 15.0 Å². The van der Waals surface area contributed by atoms with Crippen LogP contribution in [0.15, 0.2) is 48.1 Å². The Morgan fingerprint density at radius 3 is 2.59 bits per heavy atom. The fourth-order valence-corrected chi connectivity index (χ4v) is 2.88. The summed E-state index contributed by atoms with van der Waals surface area (Å²) >= 11 is 1.37. The maximum Gasteiger partial charge on any atom is 0.338 e. The highest BCUT2D eigenvalue weighted by atomic mass is 32.1. The number of carbonyl (C=O) groups excluding carboxylic acids is 2. The van der Waals surface area contributed by atoms with Crippen LogP contribution in [0.25, 0.3) is 0 Å². The van der Waals surface area contributed by atoms with Crippen molar-refractivity contribution in [2.24, 2.45) is 0 Å². The lowest BCUT2D eigenvalue weighted by Crippen LogP contribution is -2.14. The Labute approximate surface area is 159 Å². The number of carbonyl (C=O) groups is 2. The SMILES string of the molecule is CCOC(=O)c1ccc(NC(=O)Cc2csc(Nc3ncccn3)n2)cc1. The molecule has 138 valence electrons. The van der Waals surface area contributed by atoms with Crippen molar-refractivity contribution < 1.29 is 14.3 Å². The van der Waals surface area contributed by atoms with Gasteiger partial charge in [-0.1, -0.05) is 0 Å². The number of esters is 1. The zero-order valence-corrected chi connectivity index (χ0v) is 15.3. The van der Waals surface area contributed by atoms with E-state index >= 15 is 0 Å². The molecule has 8 nitrogen and oxygen atoms in total. The first-order chi connectivity index (χ1) is 13.1. The summed E-state index contributed by atoms with van der Waals surface area (Å²) < 4.78 is 4.92. The second-order valence-electron chi connectivity index (χ2n) is 5.36. The molecule has 1 aromatic carbocycles. The lowest BCUT2D eigenvalue weighted by Gasteiger charge is -2.06. The van der Waals surface area contributed by atoms with Crippen LogP contribution < -0.4 is 10.6 Å². The molecular formula is C18H17N5O3S. The van der Waals surface area contributed by atoms with Crippen molar-refractivity contribution in [3.63, 3.8) is 0 Å². The van der Waals surface area contributed by atoms with Gasteiger partial charge in [-0.2, -0.15) is 0 Å². The second-order valence-corrected chi connectivity index (χ2v) is 6.22. The van der Waals surface area contributed by atoms with Gasteiger partial charge in [0.25, 0.3) is 0 Å². The number of nitrogens with one attached hydrogen (secondary N) is 2. The molecule has 0 bridgehead atoms. The van der Waals surface area contributed by atoms with Crippen LogP contribution in [0.4, 0.5) is 16.8 Å². The number of anilines is 3. The Bertz CT molecular complexity index is 912. The minimum absolute atomic E-state index is 0.132. The second kappa shape index (κ2) is 8.86. The molecule has 0 unspecified atom stereocenters. The molecule has 0 atom stereocenters. The molecule has 2 aromatic heterocycles. The van der Waals surface area contributed by atoms with Gasteiger partial charge in [-0.05, 0) is 37.3 Å². The van der Waals surface area contributed by atoms with E-state index in [1.54, 1.807) is 55.0 Å². The van der Waals surface area contributed by atoms with Crippen LogP contribution in [0.1, 0.15) is 23.0 Å². The van der Waals surface area contributed by atoms with E-state index in [9.17, 15) is 9.59 Å². The number of hydrogen-bond acceptors (Lipinski definition) is 8. The van der Waals surface area contributed by atoms with E-state index in [-0.39, 0.29) is 18.3 Å². The number of ether oxygens (including phenoxy) is 1. The standard InChI is InChI=1S/C18H17N5O3S/c1-2-26-16(25)12-4-6-13(7-5-12)21-15(24)10-14-11-27-18(22-14)23-17-19-8-3-9-20-17/h3-9,11H,2,10H2,1H3,(H,21,24)(H,19,20,22,23). The molecule has 2 heterocycles. The zero-order chi connectivity index (χ0) is 19.1. The predicted molar refractivity (Wildman–Crippen MR) is 102 cm³/mol. The molecule has 0 aliphatic heterocycles. The number of rotatable bonds is 7. The molecular weight excluding hydrogens is 366 g/mol. The molecule has 0 fully saturated rings. The van der Waals surface area contributed by atoms with E-state index < -0.39 is 0 Å². The average Bonchev–Trinajstić information content (AvgIpc) is 3.10. The van der Waals surface area contributed by atoms with Gasteiger partial charge in [-0.3, -0.25) is 4.79 Å². The number of aromatic nitrogens is 3. The fraction of sp³-hybridized carbons (Fsp3) is 0.167. The van der Waals surface area contributed by atoms with E-state index in [2.05, 4.69) is 25.6 Å². The summed E-state index contributed by atoms with van der Waals surface area (Å²) in [5.41, 5.74) is 1.67. The molecule has 3 aromatic rings. The Kier molecular flexibility index (Phi) is 6.06. The van der Waals surface area contributed by atoms with E-state index in [1.807, 2.05) is 0 Å². The van der Waals surface area contributed by atoms with Crippen molar-refractivity contribution in [2.75, 3.05) is 17.2 Å². The van der Waals surface area contributed by atoms with Crippen molar-refractivity contribution in [3.8, 4) is 0 Å². The first kappa shape index (κ1) is 18.5. The van der Waals surface area contributed by atoms with Gasteiger partial charge in [-0.25, -0.2) is 19.7 Å². The molecule has 0 aliphatic carbocycles. The average molecular weight is 383 g/mol. The summed E-state index contributed by atoms with van der Waals surface area (Å²) in [5.74, 6) is -0.142. The molecule has 9 heteroatoms. The van der Waals surface area contributed by atoms with Gasteiger partial charge < -0.3 is 15.4 Å². The quantitative estimate of drug-likeness (QED) is 0.604. The minimum atomic E-state index is -0.389. The smallest absolute Gasteiger partial charge is 0.338 e. The van der Waals surface area contributed by atoms with Crippen LogP contribution in [0.2, 0.25) is 0 Å². The molecule has 27 heavy (non-hydrogen) atoms. The monoisotopic (exact) mass is 383 g/mol. The van der Waals surface area contributed by atoms with Crippen LogP contribution in [-0.2, 0) is 16.0 Å². The van der Waals surface area contributed by atoms with Crippen molar-refractivity contribution in [2.45, 2.75) is 13.3 Å². The number of thiazole rings is 1. The van der Waals surface area contributed by atoms with Crippen molar-refractivity contribution in [3.05, 3.63) is 59.4 Å². The summed E-state index contributed by atoms with van der Waals surface area (Å²) in [6, 6.07) is 8.26. The maximum absolute atomic E-state index is 12.2. The van der Waals surface area contributed by atoms with Crippen LogP contribution in [0.3, 0.4) is 0 Å². The van der Waals surface area contributed by atoms with Gasteiger partial charge in [0, 0.05) is 23.5 Å². The van der Waals surface area contributed by atoms with Crippen LogP contribution in [-0.4, -0.2) is 33.4 Å². The third-order valence-electron chi connectivity index (χ3n) is 3.36. The highest BCUT2D eigenvalue weighted by Crippen LogP contribution is 2.19. The molecule has 0 radical (unpaired) electrons. The first-order valence-electron chi connectivity index (χ1n) is 8.19. The summed E-state index contributed by atoms with van der Waals surface area (Å²) in [5, 5.41) is 8.17. The molecule has 0 saturated heterocycles. The maximum atomic E-state index is 12.2.